The van der Waals surface area contributed by atoms with Gasteiger partial charge in [0.1, 0.15) is 0 Å². The average molecular weight is 340 g/mol. The second kappa shape index (κ2) is 8.31. The van der Waals surface area contributed by atoms with E-state index in [9.17, 15) is 13.2 Å². The Morgan fingerprint density at radius 2 is 1.86 bits per heavy atom. The molecule has 2 rings (SSSR count). The second-order valence-electron chi connectivity index (χ2n) is 5.77. The van der Waals surface area contributed by atoms with E-state index in [-0.39, 0.29) is 23.6 Å². The molecule has 1 atom stereocenters. The lowest BCUT2D eigenvalue weighted by Gasteiger charge is -2.25. The molecule has 1 saturated carbocycles. The summed E-state index contributed by atoms with van der Waals surface area (Å²) in [6, 6.07) is -0.499. The minimum atomic E-state index is -3.14. The molecule has 124 valence electrons. The molecule has 0 aromatic carbocycles. The Bertz CT molecular complexity index is 434. The van der Waals surface area contributed by atoms with Gasteiger partial charge in [0.25, 0.3) is 0 Å². The number of sulfonamides is 1. The minimum Gasteiger partial charge on any atom is -0.341 e. The SMILES string of the molecule is Cl.N[C@@H](CCCNS(=O)(=O)C1CCC1)C(=O)N1CCCC1. The van der Waals surface area contributed by atoms with Gasteiger partial charge in [-0.05, 0) is 38.5 Å². The predicted octanol–water partition coefficient (Wildman–Crippen LogP) is 0.610. The standard InChI is InChI=1S/C13H25N3O3S.ClH/c14-12(13(17)16-9-1-2-10-16)7-4-8-15-20(18,19)11-5-3-6-11;/h11-12,15H,1-10,14H2;1H/t12-;/m0./s1. The lowest BCUT2D eigenvalue weighted by molar-refractivity contribution is -0.131. The number of hydrogen-bond donors (Lipinski definition) is 2. The van der Waals surface area contributed by atoms with Crippen molar-refractivity contribution in [3.63, 3.8) is 0 Å². The first-order valence-corrected chi connectivity index (χ1v) is 9.08. The third kappa shape index (κ3) is 5.09. The van der Waals surface area contributed by atoms with Crippen LogP contribution in [0.3, 0.4) is 0 Å². The van der Waals surface area contributed by atoms with Gasteiger partial charge in [-0.15, -0.1) is 12.4 Å². The number of likely N-dealkylation sites (tertiary alicyclic amines) is 1. The highest BCUT2D eigenvalue weighted by Gasteiger charge is 2.30. The molecule has 8 heteroatoms. The van der Waals surface area contributed by atoms with Crippen LogP contribution in [-0.4, -0.2) is 50.2 Å². The molecule has 0 spiro atoms. The Morgan fingerprint density at radius 3 is 2.38 bits per heavy atom. The van der Waals surface area contributed by atoms with Crippen LogP contribution in [0.1, 0.15) is 44.9 Å². The van der Waals surface area contributed by atoms with Crippen molar-refractivity contribution in [3.8, 4) is 0 Å². The van der Waals surface area contributed by atoms with Gasteiger partial charge in [-0.1, -0.05) is 6.42 Å². The summed E-state index contributed by atoms with van der Waals surface area (Å²) in [5, 5.41) is -0.206. The first-order valence-electron chi connectivity index (χ1n) is 7.53. The normalized spacial score (nSPS) is 20.7. The maximum absolute atomic E-state index is 12.0. The molecule has 1 aliphatic heterocycles. The van der Waals surface area contributed by atoms with Crippen LogP contribution in [-0.2, 0) is 14.8 Å². The lowest BCUT2D eigenvalue weighted by Crippen LogP contribution is -2.43. The van der Waals surface area contributed by atoms with Crippen molar-refractivity contribution < 1.29 is 13.2 Å². The quantitative estimate of drug-likeness (QED) is 0.665. The van der Waals surface area contributed by atoms with Crippen LogP contribution in [0.4, 0.5) is 0 Å². The lowest BCUT2D eigenvalue weighted by atomic mass is 10.0. The summed E-state index contributed by atoms with van der Waals surface area (Å²) < 4.78 is 26.2. The Labute approximate surface area is 133 Å². The molecule has 1 amide bonds. The van der Waals surface area contributed by atoms with Crippen molar-refractivity contribution in [1.82, 2.24) is 9.62 Å². The van der Waals surface area contributed by atoms with Gasteiger partial charge in [-0.3, -0.25) is 4.79 Å². The summed E-state index contributed by atoms with van der Waals surface area (Å²) in [5.74, 6) is 0.00403. The zero-order valence-electron chi connectivity index (χ0n) is 12.3. The zero-order chi connectivity index (χ0) is 14.6. The van der Waals surface area contributed by atoms with E-state index in [1.807, 2.05) is 4.90 Å². The fourth-order valence-corrected chi connectivity index (χ4v) is 4.25. The molecule has 1 heterocycles. The van der Waals surface area contributed by atoms with Gasteiger partial charge >= 0.3 is 0 Å². The van der Waals surface area contributed by atoms with Crippen molar-refractivity contribution >= 4 is 28.3 Å². The number of rotatable bonds is 7. The maximum atomic E-state index is 12.0. The molecule has 2 aliphatic rings. The van der Waals surface area contributed by atoms with E-state index in [1.54, 1.807) is 0 Å². The van der Waals surface area contributed by atoms with Gasteiger partial charge in [-0.2, -0.15) is 0 Å². The highest BCUT2D eigenvalue weighted by molar-refractivity contribution is 7.90. The number of hydrogen-bond acceptors (Lipinski definition) is 4. The van der Waals surface area contributed by atoms with Gasteiger partial charge < -0.3 is 10.6 Å². The van der Waals surface area contributed by atoms with Crippen LogP contribution >= 0.6 is 12.4 Å². The molecule has 2 fully saturated rings. The van der Waals surface area contributed by atoms with Gasteiger partial charge in [0.05, 0.1) is 11.3 Å². The summed E-state index contributed by atoms with van der Waals surface area (Å²) in [5.41, 5.74) is 5.88. The fourth-order valence-electron chi connectivity index (χ4n) is 2.63. The number of nitrogens with two attached hydrogens (primary N) is 1. The second-order valence-corrected chi connectivity index (χ2v) is 7.82. The van der Waals surface area contributed by atoms with Crippen LogP contribution in [0.5, 0.6) is 0 Å². The number of carbonyl (C=O) groups is 1. The first kappa shape index (κ1) is 18.7. The fraction of sp³-hybridized carbons (Fsp3) is 0.923. The molecule has 0 radical (unpaired) electrons. The summed E-state index contributed by atoms with van der Waals surface area (Å²) in [7, 11) is -3.14. The van der Waals surface area contributed by atoms with Crippen molar-refractivity contribution in [1.29, 1.82) is 0 Å². The van der Waals surface area contributed by atoms with Gasteiger partial charge in [0.15, 0.2) is 0 Å². The van der Waals surface area contributed by atoms with E-state index in [4.69, 9.17) is 5.73 Å². The smallest absolute Gasteiger partial charge is 0.239 e. The van der Waals surface area contributed by atoms with Crippen LogP contribution in [0.2, 0.25) is 0 Å². The number of halogens is 1. The number of nitrogens with one attached hydrogen (secondary N) is 1. The average Bonchev–Trinajstić information content (AvgIpc) is 2.84. The topological polar surface area (TPSA) is 92.5 Å². The maximum Gasteiger partial charge on any atom is 0.239 e. The highest BCUT2D eigenvalue weighted by Crippen LogP contribution is 2.25. The third-order valence-corrected chi connectivity index (χ3v) is 6.18. The highest BCUT2D eigenvalue weighted by atomic mass is 35.5. The molecule has 0 unspecified atom stereocenters. The van der Waals surface area contributed by atoms with Crippen molar-refractivity contribution in [2.24, 2.45) is 5.73 Å². The van der Waals surface area contributed by atoms with E-state index >= 15 is 0 Å². The minimum absolute atomic E-state index is 0. The molecule has 6 nitrogen and oxygen atoms in total. The van der Waals surface area contributed by atoms with Gasteiger partial charge in [0.2, 0.25) is 15.9 Å². The summed E-state index contributed by atoms with van der Waals surface area (Å²) in [6.07, 6.45) is 5.78. The molecule has 0 bridgehead atoms. The van der Waals surface area contributed by atoms with Crippen molar-refractivity contribution in [3.05, 3.63) is 0 Å². The first-order chi connectivity index (χ1) is 9.50. The molecule has 1 saturated heterocycles. The van der Waals surface area contributed by atoms with Gasteiger partial charge in [0, 0.05) is 19.6 Å². The molecule has 0 aromatic rings. The predicted molar refractivity (Wildman–Crippen MR) is 84.8 cm³/mol. The van der Waals surface area contributed by atoms with Crippen molar-refractivity contribution in [2.45, 2.75) is 56.2 Å². The van der Waals surface area contributed by atoms with Gasteiger partial charge in [-0.25, -0.2) is 13.1 Å². The number of carbonyl (C=O) groups excluding carboxylic acids is 1. The van der Waals surface area contributed by atoms with E-state index in [2.05, 4.69) is 4.72 Å². The summed E-state index contributed by atoms with van der Waals surface area (Å²) >= 11 is 0. The van der Waals surface area contributed by atoms with Crippen LogP contribution < -0.4 is 10.5 Å². The summed E-state index contributed by atoms with van der Waals surface area (Å²) in [4.78, 5) is 13.8. The van der Waals surface area contributed by atoms with Crippen LogP contribution in [0, 0.1) is 0 Å². The molecule has 1 aliphatic carbocycles. The zero-order valence-corrected chi connectivity index (χ0v) is 13.9. The Morgan fingerprint density at radius 1 is 1.24 bits per heavy atom. The van der Waals surface area contributed by atoms with E-state index in [1.165, 1.54) is 0 Å². The largest absolute Gasteiger partial charge is 0.341 e. The number of amides is 1. The molecule has 0 aromatic heterocycles. The van der Waals surface area contributed by atoms with E-state index in [0.29, 0.717) is 19.4 Å². The molecule has 3 N–H and O–H groups in total. The van der Waals surface area contributed by atoms with Crippen LogP contribution in [0.15, 0.2) is 0 Å². The summed E-state index contributed by atoms with van der Waals surface area (Å²) in [6.45, 7) is 1.99. The van der Waals surface area contributed by atoms with Crippen molar-refractivity contribution in [2.75, 3.05) is 19.6 Å². The Balaban J connectivity index is 0.00000220. The van der Waals surface area contributed by atoms with E-state index < -0.39 is 16.1 Å². The Kier molecular flexibility index (Phi) is 7.39. The molecule has 21 heavy (non-hydrogen) atoms. The Hall–Kier alpha value is -0.370. The van der Waals surface area contributed by atoms with E-state index in [0.717, 1.165) is 45.2 Å². The number of nitrogens with zero attached hydrogens (tertiary/aromatic N) is 1. The molecular weight excluding hydrogens is 314 g/mol. The van der Waals surface area contributed by atoms with Crippen LogP contribution in [0.25, 0.3) is 0 Å². The third-order valence-electron chi connectivity index (χ3n) is 4.22. The monoisotopic (exact) mass is 339 g/mol. The molecular formula is C13H26ClN3O3S.